The normalized spacial score (nSPS) is 17.9. The number of rotatable bonds is 6. The number of carbonyl (C=O) groups excluding carboxylic acids is 4. The second-order valence-electron chi connectivity index (χ2n) is 6.30. The van der Waals surface area contributed by atoms with E-state index in [1.54, 1.807) is 32.9 Å². The zero-order valence-corrected chi connectivity index (χ0v) is 16.5. The van der Waals surface area contributed by atoms with E-state index in [0.29, 0.717) is 5.56 Å². The average Bonchev–Trinajstić information content (AvgIpc) is 2.77. The fraction of sp³-hybridized carbons (Fsp3) is 0.500. The van der Waals surface area contributed by atoms with Crippen molar-refractivity contribution in [3.63, 3.8) is 0 Å². The molecule has 0 saturated heterocycles. The number of ether oxygens (including phenoxy) is 3. The van der Waals surface area contributed by atoms with Crippen LogP contribution in [0, 0.1) is 12.3 Å². The van der Waals surface area contributed by atoms with Gasteiger partial charge in [0.1, 0.15) is 6.04 Å². The van der Waals surface area contributed by atoms with Crippen molar-refractivity contribution in [2.24, 2.45) is 5.41 Å². The van der Waals surface area contributed by atoms with Gasteiger partial charge < -0.3 is 14.2 Å². The van der Waals surface area contributed by atoms with Crippen molar-refractivity contribution in [1.29, 1.82) is 0 Å². The van der Waals surface area contributed by atoms with Gasteiger partial charge in [0.15, 0.2) is 5.78 Å². The van der Waals surface area contributed by atoms with Gasteiger partial charge in [0.05, 0.1) is 19.8 Å². The lowest BCUT2D eigenvalue weighted by Gasteiger charge is -2.32. The van der Waals surface area contributed by atoms with Crippen LogP contribution in [0.5, 0.6) is 0 Å². The third kappa shape index (κ3) is 3.64. The standard InChI is InChI=1S/C20H25NO7/c1-5-26-17(23)15-20(18(24)27-6-2,19(25)28-7-3)16(22)14-9-8-12(4)10-13(14)11-21-15/h8-10,15,21H,5-7,11H2,1-4H3. The van der Waals surface area contributed by atoms with Gasteiger partial charge >= 0.3 is 17.9 Å². The molecular weight excluding hydrogens is 366 g/mol. The second-order valence-corrected chi connectivity index (χ2v) is 6.30. The van der Waals surface area contributed by atoms with E-state index in [2.05, 4.69) is 5.32 Å². The highest BCUT2D eigenvalue weighted by Gasteiger charge is 2.65. The summed E-state index contributed by atoms with van der Waals surface area (Å²) >= 11 is 0. The average molecular weight is 391 g/mol. The molecule has 0 aliphatic carbocycles. The molecule has 0 bridgehead atoms. The molecule has 0 amide bonds. The minimum atomic E-state index is -2.53. The Morgan fingerprint density at radius 2 is 1.61 bits per heavy atom. The molecule has 0 radical (unpaired) electrons. The van der Waals surface area contributed by atoms with Crippen molar-refractivity contribution < 1.29 is 33.4 Å². The molecule has 1 atom stereocenters. The molecule has 0 saturated carbocycles. The fourth-order valence-corrected chi connectivity index (χ4v) is 3.28. The predicted molar refractivity (Wildman–Crippen MR) is 98.5 cm³/mol. The van der Waals surface area contributed by atoms with Gasteiger partial charge in [-0.2, -0.15) is 0 Å². The molecule has 28 heavy (non-hydrogen) atoms. The van der Waals surface area contributed by atoms with E-state index in [0.717, 1.165) is 5.56 Å². The lowest BCUT2D eigenvalue weighted by Crippen LogP contribution is -2.63. The van der Waals surface area contributed by atoms with Gasteiger partial charge in [-0.3, -0.25) is 24.5 Å². The summed E-state index contributed by atoms with van der Waals surface area (Å²) in [6.45, 7) is 6.47. The molecule has 2 rings (SSSR count). The summed E-state index contributed by atoms with van der Waals surface area (Å²) in [6, 6.07) is 3.41. The summed E-state index contributed by atoms with van der Waals surface area (Å²) in [5.74, 6) is -4.03. The van der Waals surface area contributed by atoms with E-state index in [4.69, 9.17) is 14.2 Å². The highest BCUT2D eigenvalue weighted by molar-refractivity contribution is 6.28. The van der Waals surface area contributed by atoms with E-state index < -0.39 is 35.1 Å². The van der Waals surface area contributed by atoms with Crippen molar-refractivity contribution >= 4 is 23.7 Å². The number of ketones is 1. The molecule has 1 unspecified atom stereocenters. The van der Waals surface area contributed by atoms with Crippen LogP contribution in [-0.2, 0) is 35.1 Å². The summed E-state index contributed by atoms with van der Waals surface area (Å²) in [6.07, 6.45) is 0. The molecule has 1 aliphatic heterocycles. The van der Waals surface area contributed by atoms with Crippen LogP contribution in [-0.4, -0.2) is 49.6 Å². The Morgan fingerprint density at radius 3 is 2.14 bits per heavy atom. The van der Waals surface area contributed by atoms with Crippen LogP contribution in [0.1, 0.15) is 42.3 Å². The SMILES string of the molecule is CCOC(=O)C1NCc2cc(C)ccc2C(=O)C1(C(=O)OCC)C(=O)OCC. The Balaban J connectivity index is 2.77. The number of aryl methyl sites for hydroxylation is 1. The third-order valence-electron chi connectivity index (χ3n) is 4.51. The number of benzene rings is 1. The zero-order valence-electron chi connectivity index (χ0n) is 16.5. The Kier molecular flexibility index (Phi) is 6.90. The van der Waals surface area contributed by atoms with Crippen LogP contribution < -0.4 is 5.32 Å². The molecule has 1 N–H and O–H groups in total. The van der Waals surface area contributed by atoms with E-state index in [1.165, 1.54) is 6.07 Å². The second kappa shape index (κ2) is 8.97. The number of nitrogens with one attached hydrogen (secondary N) is 1. The van der Waals surface area contributed by atoms with Crippen LogP contribution >= 0.6 is 0 Å². The van der Waals surface area contributed by atoms with Gasteiger partial charge in [-0.25, -0.2) is 0 Å². The lowest BCUT2D eigenvalue weighted by molar-refractivity contribution is -0.175. The summed E-state index contributed by atoms with van der Waals surface area (Å²) in [7, 11) is 0. The van der Waals surface area contributed by atoms with Gasteiger partial charge in [0, 0.05) is 12.1 Å². The highest BCUT2D eigenvalue weighted by Crippen LogP contribution is 2.36. The fourth-order valence-electron chi connectivity index (χ4n) is 3.28. The van der Waals surface area contributed by atoms with Gasteiger partial charge in [0.2, 0.25) is 0 Å². The summed E-state index contributed by atoms with van der Waals surface area (Å²) < 4.78 is 15.2. The van der Waals surface area contributed by atoms with E-state index in [-0.39, 0.29) is 31.9 Å². The van der Waals surface area contributed by atoms with Gasteiger partial charge in [-0.1, -0.05) is 23.8 Å². The monoisotopic (exact) mass is 391 g/mol. The maximum absolute atomic E-state index is 13.6. The van der Waals surface area contributed by atoms with E-state index in [9.17, 15) is 19.2 Å². The minimum Gasteiger partial charge on any atom is -0.465 e. The molecule has 0 aromatic heterocycles. The Labute approximate surface area is 163 Å². The van der Waals surface area contributed by atoms with Gasteiger partial charge in [0.25, 0.3) is 5.41 Å². The van der Waals surface area contributed by atoms with Gasteiger partial charge in [-0.05, 0) is 33.3 Å². The van der Waals surface area contributed by atoms with Gasteiger partial charge in [-0.15, -0.1) is 0 Å². The number of esters is 3. The van der Waals surface area contributed by atoms with Crippen LogP contribution in [0.2, 0.25) is 0 Å². The van der Waals surface area contributed by atoms with Crippen molar-refractivity contribution in [3.8, 4) is 0 Å². The molecule has 1 aromatic rings. The molecule has 8 heteroatoms. The molecule has 152 valence electrons. The maximum Gasteiger partial charge on any atom is 0.333 e. The number of carbonyl (C=O) groups is 4. The van der Waals surface area contributed by atoms with Crippen molar-refractivity contribution in [2.75, 3.05) is 19.8 Å². The lowest BCUT2D eigenvalue weighted by atomic mass is 9.73. The number of hydrogen-bond donors (Lipinski definition) is 1. The molecule has 0 spiro atoms. The molecule has 1 heterocycles. The first-order valence-corrected chi connectivity index (χ1v) is 9.23. The first-order valence-electron chi connectivity index (χ1n) is 9.23. The summed E-state index contributed by atoms with van der Waals surface area (Å²) in [5.41, 5.74) is -0.916. The summed E-state index contributed by atoms with van der Waals surface area (Å²) in [5, 5.41) is 2.85. The topological polar surface area (TPSA) is 108 Å². The Morgan fingerprint density at radius 1 is 1.04 bits per heavy atom. The van der Waals surface area contributed by atoms with Crippen LogP contribution in [0.4, 0.5) is 0 Å². The largest absolute Gasteiger partial charge is 0.465 e. The van der Waals surface area contributed by atoms with Crippen molar-refractivity contribution in [3.05, 3.63) is 34.9 Å². The van der Waals surface area contributed by atoms with E-state index >= 15 is 0 Å². The molecule has 1 aliphatic rings. The minimum absolute atomic E-state index is 0.0129. The number of fused-ring (bicyclic) bond motifs is 1. The molecule has 1 aromatic carbocycles. The predicted octanol–water partition coefficient (Wildman–Crippen LogP) is 1.33. The first-order chi connectivity index (χ1) is 13.3. The maximum atomic E-state index is 13.6. The van der Waals surface area contributed by atoms with Crippen molar-refractivity contribution in [1.82, 2.24) is 5.32 Å². The third-order valence-corrected chi connectivity index (χ3v) is 4.51. The Hall–Kier alpha value is -2.74. The highest BCUT2D eigenvalue weighted by atomic mass is 16.6. The van der Waals surface area contributed by atoms with E-state index in [1.807, 2.05) is 6.92 Å². The van der Waals surface area contributed by atoms with Crippen LogP contribution in [0.25, 0.3) is 0 Å². The number of hydrogen-bond acceptors (Lipinski definition) is 8. The smallest absolute Gasteiger partial charge is 0.333 e. The zero-order chi connectivity index (χ0) is 20.9. The number of Topliss-reactive ketones (excluding diaryl/α,β-unsaturated/α-hetero) is 1. The first kappa shape index (κ1) is 21.6. The molecule has 8 nitrogen and oxygen atoms in total. The quantitative estimate of drug-likeness (QED) is 0.440. The van der Waals surface area contributed by atoms with Crippen LogP contribution in [0.15, 0.2) is 18.2 Å². The summed E-state index contributed by atoms with van der Waals surface area (Å²) in [4.78, 5) is 52.3. The van der Waals surface area contributed by atoms with Crippen molar-refractivity contribution in [2.45, 2.75) is 40.3 Å². The van der Waals surface area contributed by atoms with Crippen LogP contribution in [0.3, 0.4) is 0 Å². The Bertz CT molecular complexity index is 769. The molecular formula is C20H25NO7. The molecule has 0 fully saturated rings.